The van der Waals surface area contributed by atoms with Gasteiger partial charge in [-0.15, -0.1) is 0 Å². The van der Waals surface area contributed by atoms with Gasteiger partial charge >= 0.3 is 0 Å². The quantitative estimate of drug-likeness (QED) is 0.850. The highest BCUT2D eigenvalue weighted by atomic mass is 16.1. The molecule has 0 fully saturated rings. The molecular formula is C16H28N2O. The summed E-state index contributed by atoms with van der Waals surface area (Å²) in [6.45, 7) is 12.4. The van der Waals surface area contributed by atoms with Gasteiger partial charge in [0.25, 0.3) is 5.91 Å². The fourth-order valence-corrected chi connectivity index (χ4v) is 1.20. The number of nitrogens with one attached hydrogen (secondary N) is 2. The first-order chi connectivity index (χ1) is 8.65. The first-order valence-corrected chi connectivity index (χ1v) is 6.76. The van der Waals surface area contributed by atoms with Crippen LogP contribution < -0.4 is 10.6 Å². The second-order valence-corrected chi connectivity index (χ2v) is 6.26. The van der Waals surface area contributed by atoms with Crippen LogP contribution in [0.15, 0.2) is 24.3 Å². The summed E-state index contributed by atoms with van der Waals surface area (Å²) in [7, 11) is 1.85. The highest BCUT2D eigenvalue weighted by Gasteiger charge is 2.14. The van der Waals surface area contributed by atoms with Crippen LogP contribution in [0.1, 0.15) is 51.9 Å². The van der Waals surface area contributed by atoms with Gasteiger partial charge in [-0.2, -0.15) is 0 Å². The third kappa shape index (κ3) is 9.11. The average Bonchev–Trinajstić information content (AvgIpc) is 2.26. The van der Waals surface area contributed by atoms with E-state index in [0.717, 1.165) is 11.6 Å². The number of benzene rings is 1. The van der Waals surface area contributed by atoms with Crippen molar-refractivity contribution in [3.05, 3.63) is 29.8 Å². The average molecular weight is 264 g/mol. The van der Waals surface area contributed by atoms with Crippen molar-refractivity contribution in [1.29, 1.82) is 0 Å². The SMILES string of the molecule is CC(C)C.CNc1ccc(C(=O)NC(C)(C)C)cc1. The summed E-state index contributed by atoms with van der Waals surface area (Å²) in [6.07, 6.45) is 0. The summed E-state index contributed by atoms with van der Waals surface area (Å²) < 4.78 is 0. The van der Waals surface area contributed by atoms with E-state index in [1.807, 2.05) is 52.1 Å². The molecule has 0 atom stereocenters. The summed E-state index contributed by atoms with van der Waals surface area (Å²) in [5.41, 5.74) is 1.49. The molecule has 0 aromatic heterocycles. The summed E-state index contributed by atoms with van der Waals surface area (Å²) in [5.74, 6) is 0.796. The molecule has 0 radical (unpaired) electrons. The molecule has 0 unspecified atom stereocenters. The molecule has 0 saturated heterocycles. The minimum atomic E-state index is -0.196. The third-order valence-corrected chi connectivity index (χ3v) is 1.92. The number of amides is 1. The molecule has 0 saturated carbocycles. The van der Waals surface area contributed by atoms with Crippen molar-refractivity contribution in [3.8, 4) is 0 Å². The van der Waals surface area contributed by atoms with E-state index in [0.29, 0.717) is 5.56 Å². The third-order valence-electron chi connectivity index (χ3n) is 1.92. The van der Waals surface area contributed by atoms with Gasteiger partial charge in [0.1, 0.15) is 0 Å². The molecule has 0 aliphatic rings. The first kappa shape index (κ1) is 17.5. The van der Waals surface area contributed by atoms with E-state index in [9.17, 15) is 4.79 Å². The van der Waals surface area contributed by atoms with E-state index in [2.05, 4.69) is 31.4 Å². The lowest BCUT2D eigenvalue weighted by Crippen LogP contribution is -2.40. The van der Waals surface area contributed by atoms with Crippen LogP contribution in [0.25, 0.3) is 0 Å². The van der Waals surface area contributed by atoms with Crippen molar-refractivity contribution < 1.29 is 4.79 Å². The molecule has 1 rings (SSSR count). The Morgan fingerprint density at radius 3 is 1.79 bits per heavy atom. The zero-order valence-corrected chi connectivity index (χ0v) is 13.3. The Morgan fingerprint density at radius 2 is 1.47 bits per heavy atom. The van der Waals surface area contributed by atoms with E-state index >= 15 is 0 Å². The van der Waals surface area contributed by atoms with Crippen LogP contribution in [0.4, 0.5) is 5.69 Å². The summed E-state index contributed by atoms with van der Waals surface area (Å²) in [4.78, 5) is 11.7. The number of rotatable bonds is 2. The first-order valence-electron chi connectivity index (χ1n) is 6.76. The number of anilines is 1. The molecule has 19 heavy (non-hydrogen) atoms. The van der Waals surface area contributed by atoms with Crippen LogP contribution in [0, 0.1) is 5.92 Å². The molecule has 0 aliphatic carbocycles. The Hall–Kier alpha value is -1.51. The molecule has 0 aliphatic heterocycles. The second-order valence-electron chi connectivity index (χ2n) is 6.26. The van der Waals surface area contributed by atoms with Crippen molar-refractivity contribution in [2.45, 2.75) is 47.1 Å². The highest BCUT2D eigenvalue weighted by Crippen LogP contribution is 2.09. The predicted molar refractivity (Wildman–Crippen MR) is 83.7 cm³/mol. The van der Waals surface area contributed by atoms with Gasteiger partial charge in [-0.1, -0.05) is 20.8 Å². The number of carbonyl (C=O) groups is 1. The topological polar surface area (TPSA) is 41.1 Å². The van der Waals surface area contributed by atoms with Gasteiger partial charge in [-0.25, -0.2) is 0 Å². The molecule has 1 amide bonds. The zero-order chi connectivity index (χ0) is 15.1. The van der Waals surface area contributed by atoms with E-state index in [1.54, 1.807) is 0 Å². The van der Waals surface area contributed by atoms with Crippen LogP contribution in [-0.4, -0.2) is 18.5 Å². The summed E-state index contributed by atoms with van der Waals surface area (Å²) in [6, 6.07) is 7.40. The molecule has 2 N–H and O–H groups in total. The Bertz CT molecular complexity index is 372. The van der Waals surface area contributed by atoms with Gasteiger partial charge in [0, 0.05) is 23.8 Å². The van der Waals surface area contributed by atoms with Crippen molar-refractivity contribution >= 4 is 11.6 Å². The van der Waals surface area contributed by atoms with E-state index in [-0.39, 0.29) is 11.4 Å². The number of hydrogen-bond acceptors (Lipinski definition) is 2. The largest absolute Gasteiger partial charge is 0.388 e. The monoisotopic (exact) mass is 264 g/mol. The highest BCUT2D eigenvalue weighted by molar-refractivity contribution is 5.94. The van der Waals surface area contributed by atoms with Crippen LogP contribution in [0.3, 0.4) is 0 Å². The lowest BCUT2D eigenvalue weighted by Gasteiger charge is -2.20. The second kappa shape index (κ2) is 7.82. The van der Waals surface area contributed by atoms with E-state index in [1.165, 1.54) is 0 Å². The van der Waals surface area contributed by atoms with Gasteiger partial charge in [-0.05, 0) is 51.0 Å². The van der Waals surface area contributed by atoms with Crippen LogP contribution in [0.2, 0.25) is 0 Å². The van der Waals surface area contributed by atoms with E-state index < -0.39 is 0 Å². The smallest absolute Gasteiger partial charge is 0.251 e. The maximum atomic E-state index is 11.7. The van der Waals surface area contributed by atoms with E-state index in [4.69, 9.17) is 0 Å². The Kier molecular flexibility index (Phi) is 7.20. The van der Waals surface area contributed by atoms with Crippen molar-refractivity contribution in [2.75, 3.05) is 12.4 Å². The molecule has 0 heterocycles. The van der Waals surface area contributed by atoms with Gasteiger partial charge in [0.15, 0.2) is 0 Å². The number of hydrogen-bond donors (Lipinski definition) is 2. The molecule has 108 valence electrons. The van der Waals surface area contributed by atoms with Crippen LogP contribution in [-0.2, 0) is 0 Å². The molecule has 3 nitrogen and oxygen atoms in total. The zero-order valence-electron chi connectivity index (χ0n) is 13.3. The normalized spacial score (nSPS) is 10.5. The van der Waals surface area contributed by atoms with Gasteiger partial charge in [-0.3, -0.25) is 4.79 Å². The fourth-order valence-electron chi connectivity index (χ4n) is 1.20. The number of carbonyl (C=O) groups excluding carboxylic acids is 1. The molecule has 1 aromatic rings. The lowest BCUT2D eigenvalue weighted by atomic mass is 10.1. The Labute approximate surface area is 117 Å². The molecule has 1 aromatic carbocycles. The van der Waals surface area contributed by atoms with Gasteiger partial charge < -0.3 is 10.6 Å². The molecule has 3 heteroatoms. The van der Waals surface area contributed by atoms with Crippen molar-refractivity contribution in [2.24, 2.45) is 5.92 Å². The van der Waals surface area contributed by atoms with Crippen molar-refractivity contribution in [1.82, 2.24) is 5.32 Å². The molecule has 0 bridgehead atoms. The minimum absolute atomic E-state index is 0.0369. The Balaban J connectivity index is 0.000000711. The van der Waals surface area contributed by atoms with Gasteiger partial charge in [0.2, 0.25) is 0 Å². The Morgan fingerprint density at radius 1 is 1.05 bits per heavy atom. The fraction of sp³-hybridized carbons (Fsp3) is 0.562. The minimum Gasteiger partial charge on any atom is -0.388 e. The standard InChI is InChI=1S/C12H18N2O.C4H10/c1-12(2,3)14-11(15)9-5-7-10(13-4)8-6-9;1-4(2)3/h5-8,13H,1-4H3,(H,14,15);4H,1-3H3. The maximum absolute atomic E-state index is 11.7. The van der Waals surface area contributed by atoms with Gasteiger partial charge in [0.05, 0.1) is 0 Å². The molecular weight excluding hydrogens is 236 g/mol. The van der Waals surface area contributed by atoms with Crippen LogP contribution in [0.5, 0.6) is 0 Å². The summed E-state index contributed by atoms with van der Waals surface area (Å²) >= 11 is 0. The van der Waals surface area contributed by atoms with Crippen molar-refractivity contribution in [3.63, 3.8) is 0 Å². The molecule has 0 spiro atoms. The van der Waals surface area contributed by atoms with Crippen LogP contribution >= 0.6 is 0 Å². The maximum Gasteiger partial charge on any atom is 0.251 e. The predicted octanol–water partition coefficient (Wildman–Crippen LogP) is 3.92. The lowest BCUT2D eigenvalue weighted by molar-refractivity contribution is 0.0919. The summed E-state index contributed by atoms with van der Waals surface area (Å²) in [5, 5.41) is 5.92.